The van der Waals surface area contributed by atoms with Gasteiger partial charge in [-0.2, -0.15) is 5.10 Å². The van der Waals surface area contributed by atoms with Crippen LogP contribution in [0.2, 0.25) is 0 Å². The topological polar surface area (TPSA) is 64.1 Å². The lowest BCUT2D eigenvalue weighted by Crippen LogP contribution is -1.90. The van der Waals surface area contributed by atoms with Gasteiger partial charge in [-0.25, -0.2) is 4.39 Å². The molecule has 0 unspecified atom stereocenters. The van der Waals surface area contributed by atoms with E-state index in [9.17, 15) is 4.39 Å². The minimum absolute atomic E-state index is 0.0259. The molecular weight excluding hydrogens is 173 g/mol. The summed E-state index contributed by atoms with van der Waals surface area (Å²) in [7, 11) is 1.67. The maximum Gasteiger partial charge on any atom is 0.195 e. The molecule has 0 saturated carbocycles. The van der Waals surface area contributed by atoms with Crippen molar-refractivity contribution in [2.75, 3.05) is 5.73 Å². The predicted octanol–water partition coefficient (Wildman–Crippen LogP) is 1.00. The van der Waals surface area contributed by atoms with Crippen LogP contribution in [0.5, 0.6) is 5.75 Å². The largest absolute Gasteiger partial charge is 0.503 e. The fraction of sp³-hybridized carbons (Fsp3) is 0.125. The summed E-state index contributed by atoms with van der Waals surface area (Å²) in [6.45, 7) is 0. The van der Waals surface area contributed by atoms with Crippen LogP contribution >= 0.6 is 0 Å². The number of phenolic OH excluding ortho intramolecular Hbond substituents is 1. The normalized spacial score (nSPS) is 10.9. The van der Waals surface area contributed by atoms with Crippen molar-refractivity contribution in [2.45, 2.75) is 0 Å². The predicted molar refractivity (Wildman–Crippen MR) is 46.7 cm³/mol. The molecule has 0 amide bonds. The summed E-state index contributed by atoms with van der Waals surface area (Å²) in [6, 6.07) is 1.49. The van der Waals surface area contributed by atoms with E-state index in [1.807, 2.05) is 0 Å². The quantitative estimate of drug-likeness (QED) is 0.470. The first-order valence-corrected chi connectivity index (χ1v) is 3.70. The van der Waals surface area contributed by atoms with Gasteiger partial charge in [-0.3, -0.25) is 4.68 Å². The maximum absolute atomic E-state index is 13.3. The van der Waals surface area contributed by atoms with Gasteiger partial charge in [-0.05, 0) is 6.07 Å². The van der Waals surface area contributed by atoms with Crippen molar-refractivity contribution in [1.29, 1.82) is 0 Å². The van der Waals surface area contributed by atoms with Crippen LogP contribution in [-0.2, 0) is 7.05 Å². The molecule has 0 atom stereocenters. The van der Waals surface area contributed by atoms with Crippen molar-refractivity contribution in [2.24, 2.45) is 7.05 Å². The zero-order valence-corrected chi connectivity index (χ0v) is 6.95. The molecule has 0 saturated heterocycles. The number of nitrogens with two attached hydrogens (primary N) is 1. The van der Waals surface area contributed by atoms with Crippen molar-refractivity contribution < 1.29 is 9.50 Å². The summed E-state index contributed by atoms with van der Waals surface area (Å²) in [5.41, 5.74) is 5.53. The summed E-state index contributed by atoms with van der Waals surface area (Å²) < 4.78 is 14.7. The molecule has 68 valence electrons. The van der Waals surface area contributed by atoms with E-state index in [1.54, 1.807) is 13.2 Å². The zero-order valence-electron chi connectivity index (χ0n) is 6.95. The fourth-order valence-electron chi connectivity index (χ4n) is 1.26. The third-order valence-electron chi connectivity index (χ3n) is 1.86. The van der Waals surface area contributed by atoms with Gasteiger partial charge < -0.3 is 10.8 Å². The van der Waals surface area contributed by atoms with Crippen LogP contribution in [0.15, 0.2) is 12.3 Å². The second-order valence-electron chi connectivity index (χ2n) is 2.87. The second kappa shape index (κ2) is 2.35. The molecule has 4 nitrogen and oxygen atoms in total. The Morgan fingerprint density at radius 1 is 1.62 bits per heavy atom. The van der Waals surface area contributed by atoms with E-state index in [4.69, 9.17) is 10.8 Å². The van der Waals surface area contributed by atoms with Crippen molar-refractivity contribution in [3.05, 3.63) is 18.1 Å². The molecule has 5 heteroatoms. The van der Waals surface area contributed by atoms with E-state index in [1.165, 1.54) is 10.7 Å². The number of fused-ring (bicyclic) bond motifs is 1. The average Bonchev–Trinajstić information content (AvgIpc) is 2.42. The molecule has 3 N–H and O–H groups in total. The third-order valence-corrected chi connectivity index (χ3v) is 1.86. The second-order valence-corrected chi connectivity index (χ2v) is 2.87. The van der Waals surface area contributed by atoms with Crippen LogP contribution in [0.3, 0.4) is 0 Å². The monoisotopic (exact) mass is 181 g/mol. The summed E-state index contributed by atoms with van der Waals surface area (Å²) in [5, 5.41) is 13.6. The highest BCUT2D eigenvalue weighted by atomic mass is 19.1. The Bertz CT molecular complexity index is 478. The third kappa shape index (κ3) is 1.00. The lowest BCUT2D eigenvalue weighted by atomic mass is 10.2. The number of benzene rings is 1. The van der Waals surface area contributed by atoms with E-state index in [0.717, 1.165) is 0 Å². The molecule has 1 aromatic carbocycles. The standard InChI is InChI=1S/C8H8FN3O/c1-12-3-4-2-5(10)8(13)6(9)7(4)11-12/h2-3,13H,10H2,1H3. The molecule has 0 aliphatic heterocycles. The van der Waals surface area contributed by atoms with E-state index in [0.29, 0.717) is 5.39 Å². The molecule has 2 aromatic rings. The highest BCUT2D eigenvalue weighted by molar-refractivity contribution is 5.85. The van der Waals surface area contributed by atoms with Crippen LogP contribution in [0.4, 0.5) is 10.1 Å². The number of aromatic nitrogens is 2. The number of aromatic hydroxyl groups is 1. The summed E-state index contributed by atoms with van der Waals surface area (Å²) in [6.07, 6.45) is 1.63. The molecule has 0 fully saturated rings. The van der Waals surface area contributed by atoms with E-state index >= 15 is 0 Å². The van der Waals surface area contributed by atoms with Crippen LogP contribution in [0.25, 0.3) is 10.9 Å². The average molecular weight is 181 g/mol. The van der Waals surface area contributed by atoms with Crippen molar-refractivity contribution in [1.82, 2.24) is 9.78 Å². The number of hydrogen-bond acceptors (Lipinski definition) is 3. The first-order chi connectivity index (χ1) is 6.09. The molecule has 2 rings (SSSR count). The molecule has 0 bridgehead atoms. The van der Waals surface area contributed by atoms with Gasteiger partial charge >= 0.3 is 0 Å². The lowest BCUT2D eigenvalue weighted by molar-refractivity contribution is 0.438. The van der Waals surface area contributed by atoms with Crippen LogP contribution < -0.4 is 5.73 Å². The minimum Gasteiger partial charge on any atom is -0.503 e. The van der Waals surface area contributed by atoms with Gasteiger partial charge in [0.1, 0.15) is 5.52 Å². The zero-order chi connectivity index (χ0) is 9.59. The van der Waals surface area contributed by atoms with Crippen LogP contribution in [-0.4, -0.2) is 14.9 Å². The Morgan fingerprint density at radius 2 is 2.31 bits per heavy atom. The molecule has 0 radical (unpaired) electrons. The highest BCUT2D eigenvalue weighted by Crippen LogP contribution is 2.30. The number of hydrogen-bond donors (Lipinski definition) is 2. The SMILES string of the molecule is Cn1cc2cc(N)c(O)c(F)c2n1. The smallest absolute Gasteiger partial charge is 0.195 e. The molecule has 0 aliphatic carbocycles. The Labute approximate surface area is 73.4 Å². The number of nitrogen functional groups attached to an aromatic ring is 1. The van der Waals surface area contributed by atoms with Crippen molar-refractivity contribution in [3.63, 3.8) is 0 Å². The van der Waals surface area contributed by atoms with E-state index < -0.39 is 11.6 Å². The first-order valence-electron chi connectivity index (χ1n) is 3.70. The number of halogens is 1. The Morgan fingerprint density at radius 3 is 3.00 bits per heavy atom. The first kappa shape index (κ1) is 7.85. The molecule has 13 heavy (non-hydrogen) atoms. The van der Waals surface area contributed by atoms with Gasteiger partial charge in [-0.15, -0.1) is 0 Å². The highest BCUT2D eigenvalue weighted by Gasteiger charge is 2.12. The number of anilines is 1. The van der Waals surface area contributed by atoms with Gasteiger partial charge in [0.15, 0.2) is 11.6 Å². The van der Waals surface area contributed by atoms with Gasteiger partial charge in [-0.1, -0.05) is 0 Å². The van der Waals surface area contributed by atoms with Gasteiger partial charge in [0.2, 0.25) is 0 Å². The fourth-order valence-corrected chi connectivity index (χ4v) is 1.26. The van der Waals surface area contributed by atoms with E-state index in [2.05, 4.69) is 5.10 Å². The van der Waals surface area contributed by atoms with Crippen LogP contribution in [0.1, 0.15) is 0 Å². The maximum atomic E-state index is 13.3. The summed E-state index contributed by atoms with van der Waals surface area (Å²) in [4.78, 5) is 0. The number of phenols is 1. The molecule has 1 heterocycles. The minimum atomic E-state index is -0.768. The van der Waals surface area contributed by atoms with E-state index in [-0.39, 0.29) is 11.2 Å². The van der Waals surface area contributed by atoms with Crippen molar-refractivity contribution in [3.8, 4) is 5.75 Å². The number of nitrogens with zero attached hydrogens (tertiary/aromatic N) is 2. The Balaban J connectivity index is 2.92. The molecule has 1 aromatic heterocycles. The van der Waals surface area contributed by atoms with Gasteiger partial charge in [0.05, 0.1) is 5.69 Å². The van der Waals surface area contributed by atoms with Gasteiger partial charge in [0, 0.05) is 18.6 Å². The van der Waals surface area contributed by atoms with Crippen molar-refractivity contribution >= 4 is 16.6 Å². The number of rotatable bonds is 0. The summed E-state index contributed by atoms with van der Waals surface area (Å²) >= 11 is 0. The number of aryl methyl sites for hydroxylation is 1. The lowest BCUT2D eigenvalue weighted by Gasteiger charge is -1.99. The molecular formula is C8H8FN3O. The molecule has 0 spiro atoms. The Kier molecular flexibility index (Phi) is 1.42. The summed E-state index contributed by atoms with van der Waals surface area (Å²) in [5.74, 6) is -1.30. The Hall–Kier alpha value is -1.78. The molecule has 0 aliphatic rings. The van der Waals surface area contributed by atoms with Crippen LogP contribution in [0, 0.1) is 5.82 Å². The van der Waals surface area contributed by atoms with Gasteiger partial charge in [0.25, 0.3) is 0 Å².